The number of rotatable bonds is 7. The highest BCUT2D eigenvalue weighted by atomic mass is 16.5. The monoisotopic (exact) mass is 290 g/mol. The third-order valence-electron chi connectivity index (χ3n) is 3.90. The van der Waals surface area contributed by atoms with Crippen LogP contribution in [-0.4, -0.2) is 43.5 Å². The maximum atomic E-state index is 11.6. The zero-order valence-electron chi connectivity index (χ0n) is 13.3. The number of benzene rings is 1. The predicted octanol–water partition coefficient (Wildman–Crippen LogP) is 2.47. The van der Waals surface area contributed by atoms with Crippen LogP contribution in [-0.2, 0) is 6.54 Å². The maximum Gasteiger partial charge on any atom is 0.159 e. The Morgan fingerprint density at radius 3 is 2.90 bits per heavy atom. The molecule has 0 radical (unpaired) electrons. The van der Waals surface area contributed by atoms with Gasteiger partial charge in [-0.25, -0.2) is 0 Å². The fourth-order valence-electron chi connectivity index (χ4n) is 2.86. The molecule has 1 heterocycles. The molecule has 1 unspecified atom stereocenters. The average molecular weight is 290 g/mol. The molecule has 1 aliphatic rings. The lowest BCUT2D eigenvalue weighted by molar-refractivity contribution is 0.101. The Kier molecular flexibility index (Phi) is 5.76. The zero-order chi connectivity index (χ0) is 15.2. The van der Waals surface area contributed by atoms with Crippen molar-refractivity contribution in [2.45, 2.75) is 39.3 Å². The summed E-state index contributed by atoms with van der Waals surface area (Å²) in [4.78, 5) is 13.9. The minimum absolute atomic E-state index is 0.0967. The number of carbonyl (C=O) groups is 1. The Morgan fingerprint density at radius 1 is 1.48 bits per heavy atom. The third-order valence-corrected chi connectivity index (χ3v) is 3.90. The van der Waals surface area contributed by atoms with Gasteiger partial charge in [-0.05, 0) is 58.5 Å². The number of hydrogen-bond acceptors (Lipinski definition) is 4. The fraction of sp³-hybridized carbons (Fsp3) is 0.588. The van der Waals surface area contributed by atoms with Crippen LogP contribution in [0.15, 0.2) is 18.2 Å². The van der Waals surface area contributed by atoms with Crippen LogP contribution in [0, 0.1) is 0 Å². The second-order valence-electron chi connectivity index (χ2n) is 5.80. The highest BCUT2D eigenvalue weighted by molar-refractivity contribution is 5.94. The first kappa shape index (κ1) is 16.0. The van der Waals surface area contributed by atoms with Gasteiger partial charge in [0, 0.05) is 30.3 Å². The summed E-state index contributed by atoms with van der Waals surface area (Å²) in [6.45, 7) is 7.17. The van der Waals surface area contributed by atoms with Crippen molar-refractivity contribution in [2.24, 2.45) is 0 Å². The van der Waals surface area contributed by atoms with Gasteiger partial charge in [0.05, 0.1) is 6.61 Å². The molecule has 0 bridgehead atoms. The van der Waals surface area contributed by atoms with E-state index in [9.17, 15) is 4.79 Å². The van der Waals surface area contributed by atoms with Crippen LogP contribution in [0.4, 0.5) is 0 Å². The highest BCUT2D eigenvalue weighted by Crippen LogP contribution is 2.22. The first-order chi connectivity index (χ1) is 10.1. The number of nitrogens with zero attached hydrogens (tertiary/aromatic N) is 1. The highest BCUT2D eigenvalue weighted by Gasteiger charge is 2.17. The molecule has 21 heavy (non-hydrogen) atoms. The van der Waals surface area contributed by atoms with Gasteiger partial charge in [-0.2, -0.15) is 0 Å². The van der Waals surface area contributed by atoms with E-state index in [0.717, 1.165) is 36.5 Å². The molecule has 1 N–H and O–H groups in total. The number of carbonyl (C=O) groups excluding carboxylic acids is 1. The summed E-state index contributed by atoms with van der Waals surface area (Å²) in [5.74, 6) is 0.980. The Balaban J connectivity index is 2.07. The van der Waals surface area contributed by atoms with Crippen molar-refractivity contribution in [2.75, 3.05) is 26.7 Å². The quantitative estimate of drug-likeness (QED) is 0.783. The van der Waals surface area contributed by atoms with Gasteiger partial charge in [0.2, 0.25) is 0 Å². The molecule has 0 aliphatic carbocycles. The number of hydrogen-bond donors (Lipinski definition) is 1. The first-order valence-electron chi connectivity index (χ1n) is 7.78. The van der Waals surface area contributed by atoms with Gasteiger partial charge in [0.25, 0.3) is 0 Å². The Morgan fingerprint density at radius 2 is 2.29 bits per heavy atom. The summed E-state index contributed by atoms with van der Waals surface area (Å²) in [6.07, 6.45) is 2.51. The molecule has 0 amide bonds. The number of nitrogens with one attached hydrogen (secondary N) is 1. The van der Waals surface area contributed by atoms with E-state index in [2.05, 4.69) is 17.3 Å². The molecule has 0 aromatic heterocycles. The topological polar surface area (TPSA) is 41.6 Å². The van der Waals surface area contributed by atoms with Gasteiger partial charge in [-0.15, -0.1) is 0 Å². The van der Waals surface area contributed by atoms with E-state index in [1.807, 2.05) is 25.1 Å². The van der Waals surface area contributed by atoms with E-state index in [1.54, 1.807) is 6.92 Å². The molecule has 1 aromatic rings. The van der Waals surface area contributed by atoms with E-state index >= 15 is 0 Å². The van der Waals surface area contributed by atoms with E-state index in [4.69, 9.17) is 4.74 Å². The molecule has 1 atom stereocenters. The minimum Gasteiger partial charge on any atom is -0.494 e. The van der Waals surface area contributed by atoms with Crippen LogP contribution >= 0.6 is 0 Å². The van der Waals surface area contributed by atoms with E-state index < -0.39 is 0 Å². The van der Waals surface area contributed by atoms with Gasteiger partial charge in [-0.3, -0.25) is 4.79 Å². The lowest BCUT2D eigenvalue weighted by Crippen LogP contribution is -2.35. The van der Waals surface area contributed by atoms with Crippen molar-refractivity contribution in [3.05, 3.63) is 29.3 Å². The molecule has 0 saturated carbocycles. The molecule has 116 valence electrons. The van der Waals surface area contributed by atoms with Gasteiger partial charge in [0.15, 0.2) is 5.78 Å². The molecule has 0 spiro atoms. The van der Waals surface area contributed by atoms with Crippen molar-refractivity contribution < 1.29 is 9.53 Å². The van der Waals surface area contributed by atoms with Gasteiger partial charge in [-0.1, -0.05) is 0 Å². The van der Waals surface area contributed by atoms with E-state index in [-0.39, 0.29) is 5.78 Å². The van der Waals surface area contributed by atoms with Crippen molar-refractivity contribution >= 4 is 5.78 Å². The average Bonchev–Trinajstić information content (AvgIpc) is 2.93. The molecule has 1 aliphatic heterocycles. The van der Waals surface area contributed by atoms with Crippen LogP contribution in [0.3, 0.4) is 0 Å². The molecule has 1 fully saturated rings. The van der Waals surface area contributed by atoms with Crippen molar-refractivity contribution in [3.63, 3.8) is 0 Å². The lowest BCUT2D eigenvalue weighted by atomic mass is 10.1. The largest absolute Gasteiger partial charge is 0.494 e. The van der Waals surface area contributed by atoms with Crippen LogP contribution in [0.25, 0.3) is 0 Å². The maximum absolute atomic E-state index is 11.6. The summed E-state index contributed by atoms with van der Waals surface area (Å²) in [5.41, 5.74) is 1.84. The number of likely N-dealkylation sites (N-methyl/N-ethyl adjacent to an activating group) is 1. The van der Waals surface area contributed by atoms with Crippen LogP contribution in [0.5, 0.6) is 5.75 Å². The SMILES string of the molecule is CCOc1ccc(C(C)=O)cc1CN(C)CC1CCCN1. The van der Waals surface area contributed by atoms with Crippen LogP contribution in [0.2, 0.25) is 0 Å². The number of Topliss-reactive ketones (excluding diaryl/α,β-unsaturated/α-hetero) is 1. The molecular weight excluding hydrogens is 264 g/mol. The summed E-state index contributed by atoms with van der Waals surface area (Å²) < 4.78 is 5.69. The standard InChI is InChI=1S/C17H26N2O2/c1-4-21-17-8-7-14(13(2)20)10-15(17)11-19(3)12-16-6-5-9-18-16/h7-8,10,16,18H,4-6,9,11-12H2,1-3H3. The Bertz CT molecular complexity index is 482. The third kappa shape index (κ3) is 4.55. The second-order valence-corrected chi connectivity index (χ2v) is 5.80. The summed E-state index contributed by atoms with van der Waals surface area (Å²) in [5, 5.41) is 3.52. The molecule has 1 aromatic carbocycles. The van der Waals surface area contributed by atoms with E-state index in [0.29, 0.717) is 12.6 Å². The van der Waals surface area contributed by atoms with Crippen LogP contribution in [0.1, 0.15) is 42.6 Å². The second kappa shape index (κ2) is 7.57. The Hall–Kier alpha value is -1.39. The lowest BCUT2D eigenvalue weighted by Gasteiger charge is -2.22. The normalized spacial score (nSPS) is 18.2. The van der Waals surface area contributed by atoms with Gasteiger partial charge >= 0.3 is 0 Å². The summed E-state index contributed by atoms with van der Waals surface area (Å²) >= 11 is 0. The van der Waals surface area contributed by atoms with Gasteiger partial charge < -0.3 is 15.0 Å². The van der Waals surface area contributed by atoms with Crippen molar-refractivity contribution in [3.8, 4) is 5.75 Å². The Labute approximate surface area is 127 Å². The smallest absolute Gasteiger partial charge is 0.159 e. The van der Waals surface area contributed by atoms with E-state index in [1.165, 1.54) is 12.8 Å². The summed E-state index contributed by atoms with van der Waals surface area (Å²) in [7, 11) is 2.12. The van der Waals surface area contributed by atoms with Crippen molar-refractivity contribution in [1.82, 2.24) is 10.2 Å². The summed E-state index contributed by atoms with van der Waals surface area (Å²) in [6, 6.07) is 6.31. The molecular formula is C17H26N2O2. The minimum atomic E-state index is 0.0967. The van der Waals surface area contributed by atoms with Gasteiger partial charge in [0.1, 0.15) is 5.75 Å². The zero-order valence-corrected chi connectivity index (χ0v) is 13.3. The number of ketones is 1. The predicted molar refractivity (Wildman–Crippen MR) is 85.0 cm³/mol. The molecule has 4 heteroatoms. The molecule has 4 nitrogen and oxygen atoms in total. The van der Waals surface area contributed by atoms with Crippen LogP contribution < -0.4 is 10.1 Å². The fourth-order valence-corrected chi connectivity index (χ4v) is 2.86. The first-order valence-corrected chi connectivity index (χ1v) is 7.78. The van der Waals surface area contributed by atoms with Crippen molar-refractivity contribution in [1.29, 1.82) is 0 Å². The number of ether oxygens (including phenoxy) is 1. The molecule has 1 saturated heterocycles. The molecule has 2 rings (SSSR count).